The summed E-state index contributed by atoms with van der Waals surface area (Å²) in [6, 6.07) is 17.2. The lowest BCUT2D eigenvalue weighted by Crippen LogP contribution is -2.50. The zero-order chi connectivity index (χ0) is 23.0. The fourth-order valence-corrected chi connectivity index (χ4v) is 3.76. The number of carbonyl (C=O) groups is 2. The summed E-state index contributed by atoms with van der Waals surface area (Å²) in [5.74, 6) is 1.91. The Morgan fingerprint density at radius 2 is 1.64 bits per heavy atom. The standard InChI is InChI=1S/C24H26N6O3/c25-23(32)28-21(18-6-4-9-20(16-18)33-19-7-2-1-3-8-19)17-22(31)29-12-14-30(15-13-29)24-26-10-5-11-27-24/h1-11,16,21H,12-15,17H2,(H3,25,28,32). The fraction of sp³-hybridized carbons (Fsp3) is 0.250. The van der Waals surface area contributed by atoms with Crippen LogP contribution in [0.5, 0.6) is 11.5 Å². The summed E-state index contributed by atoms with van der Waals surface area (Å²) in [6.45, 7) is 2.39. The maximum atomic E-state index is 13.0. The second kappa shape index (κ2) is 10.4. The highest BCUT2D eigenvalue weighted by molar-refractivity contribution is 5.79. The predicted octanol–water partition coefficient (Wildman–Crippen LogP) is 2.72. The molecular weight excluding hydrogens is 420 g/mol. The number of nitrogens with one attached hydrogen (secondary N) is 1. The Labute approximate surface area is 192 Å². The normalized spacial score (nSPS) is 14.4. The largest absolute Gasteiger partial charge is 0.457 e. The number of piperazine rings is 1. The quantitative estimate of drug-likeness (QED) is 0.577. The van der Waals surface area contributed by atoms with Crippen LogP contribution in [0.2, 0.25) is 0 Å². The average Bonchev–Trinajstić information content (AvgIpc) is 2.85. The molecule has 3 N–H and O–H groups in total. The van der Waals surface area contributed by atoms with Crippen molar-refractivity contribution in [2.45, 2.75) is 12.5 Å². The van der Waals surface area contributed by atoms with Gasteiger partial charge in [0.2, 0.25) is 11.9 Å². The lowest BCUT2D eigenvalue weighted by Gasteiger charge is -2.35. The molecule has 9 heteroatoms. The van der Waals surface area contributed by atoms with E-state index in [1.807, 2.05) is 59.5 Å². The first kappa shape index (κ1) is 22.1. The van der Waals surface area contributed by atoms with E-state index in [1.54, 1.807) is 23.4 Å². The fourth-order valence-electron chi connectivity index (χ4n) is 3.76. The van der Waals surface area contributed by atoms with Gasteiger partial charge in [-0.15, -0.1) is 0 Å². The van der Waals surface area contributed by atoms with Crippen molar-refractivity contribution in [3.63, 3.8) is 0 Å². The van der Waals surface area contributed by atoms with Gasteiger partial charge in [0.05, 0.1) is 12.5 Å². The van der Waals surface area contributed by atoms with Crippen molar-refractivity contribution in [3.8, 4) is 11.5 Å². The van der Waals surface area contributed by atoms with E-state index in [2.05, 4.69) is 15.3 Å². The molecule has 2 heterocycles. The van der Waals surface area contributed by atoms with Gasteiger partial charge in [0.25, 0.3) is 0 Å². The molecule has 1 unspecified atom stereocenters. The van der Waals surface area contributed by atoms with Crippen molar-refractivity contribution >= 4 is 17.9 Å². The van der Waals surface area contributed by atoms with Gasteiger partial charge in [0, 0.05) is 38.6 Å². The first-order valence-corrected chi connectivity index (χ1v) is 10.8. The molecule has 0 saturated carbocycles. The number of hydrogen-bond donors (Lipinski definition) is 2. The Balaban J connectivity index is 1.41. The van der Waals surface area contributed by atoms with Gasteiger partial charge in [0.1, 0.15) is 11.5 Å². The summed E-state index contributed by atoms with van der Waals surface area (Å²) in [6.07, 6.45) is 3.50. The number of para-hydroxylation sites is 1. The highest BCUT2D eigenvalue weighted by Gasteiger charge is 2.26. The predicted molar refractivity (Wildman–Crippen MR) is 124 cm³/mol. The summed E-state index contributed by atoms with van der Waals surface area (Å²) in [5.41, 5.74) is 6.14. The molecule has 1 fully saturated rings. The maximum absolute atomic E-state index is 13.0. The SMILES string of the molecule is NC(=O)NC(CC(=O)N1CCN(c2ncccn2)CC1)c1cccc(Oc2ccccc2)c1. The third-order valence-corrected chi connectivity index (χ3v) is 5.40. The van der Waals surface area contributed by atoms with E-state index in [1.165, 1.54) is 0 Å². The number of primary amides is 1. The van der Waals surface area contributed by atoms with Crippen molar-refractivity contribution in [1.29, 1.82) is 0 Å². The van der Waals surface area contributed by atoms with Crippen LogP contribution >= 0.6 is 0 Å². The number of amides is 3. The number of benzene rings is 2. The second-order valence-electron chi connectivity index (χ2n) is 7.67. The molecule has 3 amide bonds. The number of nitrogens with zero attached hydrogens (tertiary/aromatic N) is 4. The monoisotopic (exact) mass is 446 g/mol. The number of anilines is 1. The van der Waals surface area contributed by atoms with E-state index in [9.17, 15) is 9.59 Å². The smallest absolute Gasteiger partial charge is 0.312 e. The molecule has 0 aliphatic carbocycles. The van der Waals surface area contributed by atoms with Gasteiger partial charge < -0.3 is 25.6 Å². The molecule has 9 nitrogen and oxygen atoms in total. The Morgan fingerprint density at radius 3 is 2.33 bits per heavy atom. The Bertz CT molecular complexity index is 1070. The average molecular weight is 447 g/mol. The summed E-state index contributed by atoms with van der Waals surface area (Å²) in [7, 11) is 0. The number of aromatic nitrogens is 2. The minimum Gasteiger partial charge on any atom is -0.457 e. The summed E-state index contributed by atoms with van der Waals surface area (Å²) in [4.78, 5) is 37.1. The highest BCUT2D eigenvalue weighted by Crippen LogP contribution is 2.26. The molecule has 33 heavy (non-hydrogen) atoms. The first-order valence-electron chi connectivity index (χ1n) is 10.8. The number of hydrogen-bond acceptors (Lipinski definition) is 6. The molecule has 1 aliphatic rings. The van der Waals surface area contributed by atoms with Gasteiger partial charge in [-0.2, -0.15) is 0 Å². The van der Waals surface area contributed by atoms with Crippen molar-refractivity contribution in [2.24, 2.45) is 5.73 Å². The Kier molecular flexibility index (Phi) is 6.99. The maximum Gasteiger partial charge on any atom is 0.312 e. The second-order valence-corrected chi connectivity index (χ2v) is 7.67. The van der Waals surface area contributed by atoms with Crippen molar-refractivity contribution in [1.82, 2.24) is 20.2 Å². The first-order chi connectivity index (χ1) is 16.1. The van der Waals surface area contributed by atoms with Crippen LogP contribution in [0.15, 0.2) is 73.1 Å². The minimum absolute atomic E-state index is 0.0586. The molecule has 0 spiro atoms. The van der Waals surface area contributed by atoms with Crippen LogP contribution < -0.4 is 20.7 Å². The van der Waals surface area contributed by atoms with Crippen molar-refractivity contribution in [2.75, 3.05) is 31.1 Å². The van der Waals surface area contributed by atoms with E-state index in [4.69, 9.17) is 10.5 Å². The number of rotatable bonds is 7. The van der Waals surface area contributed by atoms with Crippen molar-refractivity contribution in [3.05, 3.63) is 78.6 Å². The molecule has 170 valence electrons. The van der Waals surface area contributed by atoms with Crippen LogP contribution in [0.25, 0.3) is 0 Å². The topological polar surface area (TPSA) is 114 Å². The van der Waals surface area contributed by atoms with Gasteiger partial charge >= 0.3 is 6.03 Å². The molecule has 1 aliphatic heterocycles. The van der Waals surface area contributed by atoms with Gasteiger partial charge in [-0.3, -0.25) is 4.79 Å². The number of urea groups is 1. The lowest BCUT2D eigenvalue weighted by molar-refractivity contribution is -0.132. The highest BCUT2D eigenvalue weighted by atomic mass is 16.5. The Morgan fingerprint density at radius 1 is 0.939 bits per heavy atom. The number of carbonyl (C=O) groups excluding carboxylic acids is 2. The summed E-state index contributed by atoms with van der Waals surface area (Å²) < 4.78 is 5.89. The van der Waals surface area contributed by atoms with E-state index in [0.717, 1.165) is 5.56 Å². The minimum atomic E-state index is -0.687. The van der Waals surface area contributed by atoms with Crippen LogP contribution in [0.3, 0.4) is 0 Å². The number of ether oxygens (including phenoxy) is 1. The third kappa shape index (κ3) is 5.97. The van der Waals surface area contributed by atoms with E-state index < -0.39 is 12.1 Å². The molecule has 4 rings (SSSR count). The molecule has 3 aromatic rings. The van der Waals surface area contributed by atoms with E-state index in [0.29, 0.717) is 43.6 Å². The van der Waals surface area contributed by atoms with Crippen LogP contribution in [0.1, 0.15) is 18.0 Å². The van der Waals surface area contributed by atoms with Crippen LogP contribution in [0, 0.1) is 0 Å². The molecule has 1 saturated heterocycles. The zero-order valence-electron chi connectivity index (χ0n) is 18.1. The van der Waals surface area contributed by atoms with Crippen LogP contribution in [-0.2, 0) is 4.79 Å². The molecule has 1 atom stereocenters. The number of nitrogens with two attached hydrogens (primary N) is 1. The third-order valence-electron chi connectivity index (χ3n) is 5.40. The van der Waals surface area contributed by atoms with Gasteiger partial charge in [-0.05, 0) is 35.9 Å². The van der Waals surface area contributed by atoms with Gasteiger partial charge in [0.15, 0.2) is 0 Å². The van der Waals surface area contributed by atoms with E-state index >= 15 is 0 Å². The Hall–Kier alpha value is -4.14. The molecular formula is C24H26N6O3. The summed E-state index contributed by atoms with van der Waals surface area (Å²) in [5, 5.41) is 2.70. The van der Waals surface area contributed by atoms with E-state index in [-0.39, 0.29) is 12.3 Å². The van der Waals surface area contributed by atoms with Gasteiger partial charge in [-0.1, -0.05) is 30.3 Å². The summed E-state index contributed by atoms with van der Waals surface area (Å²) >= 11 is 0. The lowest BCUT2D eigenvalue weighted by atomic mass is 10.0. The molecule has 1 aromatic heterocycles. The molecule has 0 bridgehead atoms. The van der Waals surface area contributed by atoms with Gasteiger partial charge in [-0.25, -0.2) is 14.8 Å². The van der Waals surface area contributed by atoms with Crippen molar-refractivity contribution < 1.29 is 14.3 Å². The zero-order valence-corrected chi connectivity index (χ0v) is 18.1. The molecule has 2 aromatic carbocycles. The van der Waals surface area contributed by atoms with Crippen LogP contribution in [-0.4, -0.2) is 53.0 Å². The molecule has 0 radical (unpaired) electrons. The van der Waals surface area contributed by atoms with Crippen LogP contribution in [0.4, 0.5) is 10.7 Å².